The molecule has 2 atom stereocenters. The lowest BCUT2D eigenvalue weighted by atomic mass is 9.79. The molecule has 4 rings (SSSR count). The van der Waals surface area contributed by atoms with Crippen LogP contribution in [-0.2, 0) is 26.2 Å². The lowest BCUT2D eigenvalue weighted by Crippen LogP contribution is -2.52. The Balaban J connectivity index is 1.83. The Labute approximate surface area is 213 Å². The van der Waals surface area contributed by atoms with E-state index in [9.17, 15) is 23.1 Å². The van der Waals surface area contributed by atoms with Crippen LogP contribution < -0.4 is 0 Å². The summed E-state index contributed by atoms with van der Waals surface area (Å²) in [5, 5.41) is 10.00. The number of allylic oxidation sites excluding steroid dienone is 2. The van der Waals surface area contributed by atoms with Crippen LogP contribution in [0.2, 0.25) is 0 Å². The Hall–Kier alpha value is -2.81. The first kappa shape index (κ1) is 25.3. The molecule has 10 heteroatoms. The summed E-state index contributed by atoms with van der Waals surface area (Å²) >= 11 is 13.5. The Morgan fingerprint density at radius 3 is 2.37 bits per heavy atom. The fourth-order valence-electron chi connectivity index (χ4n) is 4.32. The van der Waals surface area contributed by atoms with Gasteiger partial charge in [-0.3, -0.25) is 9.59 Å². The first-order valence-corrected chi connectivity index (χ1v) is 13.0. The summed E-state index contributed by atoms with van der Waals surface area (Å²) in [6, 6.07) is 15.0. The third-order valence-electron chi connectivity index (χ3n) is 6.05. The lowest BCUT2D eigenvalue weighted by molar-refractivity contribution is -0.141. The molecule has 0 saturated carbocycles. The van der Waals surface area contributed by atoms with Crippen LogP contribution in [-0.4, -0.2) is 41.1 Å². The van der Waals surface area contributed by atoms with Crippen LogP contribution in [0.1, 0.15) is 29.8 Å². The van der Waals surface area contributed by atoms with Gasteiger partial charge in [0, 0.05) is 5.03 Å². The fourth-order valence-corrected chi connectivity index (χ4v) is 6.95. The Morgan fingerprint density at radius 2 is 1.77 bits per heavy atom. The minimum atomic E-state index is -4.26. The number of alkyl halides is 1. The van der Waals surface area contributed by atoms with Gasteiger partial charge in [0.15, 0.2) is 0 Å². The SMILES string of the molecule is CC(C)C1=C(OCc2ccccc2)C(Cl)(CN2C(=O)c3ccccc3S2(=O)=O)C(C(=O)O)C(Cl)=C1. The zero-order chi connectivity index (χ0) is 25.5. The van der Waals surface area contributed by atoms with E-state index >= 15 is 0 Å². The van der Waals surface area contributed by atoms with Crippen LogP contribution in [0.3, 0.4) is 0 Å². The first-order valence-electron chi connectivity index (χ1n) is 10.8. The van der Waals surface area contributed by atoms with E-state index in [1.54, 1.807) is 6.07 Å². The van der Waals surface area contributed by atoms with E-state index in [2.05, 4.69) is 0 Å². The zero-order valence-electron chi connectivity index (χ0n) is 18.9. The number of carboxylic acid groups (broad SMARTS) is 1. The molecule has 0 aromatic heterocycles. The molecule has 0 spiro atoms. The first-order chi connectivity index (χ1) is 16.5. The van der Waals surface area contributed by atoms with Crippen molar-refractivity contribution in [3.63, 3.8) is 0 Å². The lowest BCUT2D eigenvalue weighted by Gasteiger charge is -2.40. The van der Waals surface area contributed by atoms with E-state index in [-0.39, 0.29) is 33.8 Å². The minimum Gasteiger partial charge on any atom is -0.491 e. The van der Waals surface area contributed by atoms with Gasteiger partial charge in [-0.2, -0.15) is 0 Å². The van der Waals surface area contributed by atoms with Crippen LogP contribution in [0, 0.1) is 11.8 Å². The number of halogens is 2. The van der Waals surface area contributed by atoms with Crippen LogP contribution in [0.15, 0.2) is 81.9 Å². The van der Waals surface area contributed by atoms with Gasteiger partial charge in [0.2, 0.25) is 0 Å². The average molecular weight is 536 g/mol. The van der Waals surface area contributed by atoms with Crippen LogP contribution in [0.25, 0.3) is 0 Å². The topological polar surface area (TPSA) is 101 Å². The highest BCUT2D eigenvalue weighted by molar-refractivity contribution is 7.90. The second kappa shape index (κ2) is 9.33. The molecule has 0 fully saturated rings. The summed E-state index contributed by atoms with van der Waals surface area (Å²) in [6.07, 6.45) is 1.50. The Bertz CT molecular complexity index is 1350. The predicted octanol–water partition coefficient (Wildman–Crippen LogP) is 4.77. The number of hydrogen-bond donors (Lipinski definition) is 1. The van der Waals surface area contributed by atoms with Gasteiger partial charge in [-0.1, -0.05) is 67.9 Å². The van der Waals surface area contributed by atoms with E-state index in [0.29, 0.717) is 9.88 Å². The molecule has 2 aromatic carbocycles. The van der Waals surface area contributed by atoms with Gasteiger partial charge in [0.1, 0.15) is 28.1 Å². The number of carbonyl (C=O) groups excluding carboxylic acids is 1. The molecule has 1 aliphatic carbocycles. The molecule has 2 unspecified atom stereocenters. The molecule has 2 aliphatic rings. The van der Waals surface area contributed by atoms with E-state index in [0.717, 1.165) is 5.56 Å². The summed E-state index contributed by atoms with van der Waals surface area (Å²) in [7, 11) is -4.26. The maximum atomic E-state index is 13.3. The second-order valence-electron chi connectivity index (χ2n) is 8.69. The van der Waals surface area contributed by atoms with Crippen molar-refractivity contribution in [3.05, 3.63) is 88.2 Å². The predicted molar refractivity (Wildman–Crippen MR) is 131 cm³/mol. The number of carboxylic acids is 1. The maximum Gasteiger partial charge on any atom is 0.314 e. The van der Waals surface area contributed by atoms with Crippen molar-refractivity contribution in [2.24, 2.45) is 11.8 Å². The molecule has 1 amide bonds. The van der Waals surface area contributed by atoms with Crippen molar-refractivity contribution in [3.8, 4) is 0 Å². The molecule has 0 bridgehead atoms. The van der Waals surface area contributed by atoms with Crippen molar-refractivity contribution in [1.29, 1.82) is 0 Å². The second-order valence-corrected chi connectivity index (χ2v) is 11.6. The third kappa shape index (κ3) is 4.35. The highest BCUT2D eigenvalue weighted by Crippen LogP contribution is 2.49. The van der Waals surface area contributed by atoms with Crippen molar-refractivity contribution < 1.29 is 27.9 Å². The van der Waals surface area contributed by atoms with Crippen molar-refractivity contribution in [2.75, 3.05) is 6.54 Å². The number of fused-ring (bicyclic) bond motifs is 1. The average Bonchev–Trinajstić information content (AvgIpc) is 2.99. The standard InChI is InChI=1S/C25H23Cl2NO6S/c1-15(2)18-12-19(26)21(24(30)31)25(27,22(18)34-13-16-8-4-3-5-9-16)14-28-23(29)17-10-6-7-11-20(17)35(28,32)33/h3-12,15,21H,13-14H2,1-2H3,(H,30,31). The number of amides is 1. The van der Waals surface area contributed by atoms with E-state index in [1.807, 2.05) is 44.2 Å². The number of benzene rings is 2. The molecule has 2 aromatic rings. The Kier molecular flexibility index (Phi) is 6.74. The number of rotatable bonds is 7. The molecular formula is C25H23Cl2NO6S. The summed E-state index contributed by atoms with van der Waals surface area (Å²) in [5.74, 6) is -3.82. The summed E-state index contributed by atoms with van der Waals surface area (Å²) in [4.78, 5) is 23.3. The van der Waals surface area contributed by atoms with Gasteiger partial charge in [0.05, 0.1) is 12.1 Å². The molecule has 35 heavy (non-hydrogen) atoms. The molecule has 1 heterocycles. The van der Waals surface area contributed by atoms with E-state index < -0.39 is 39.2 Å². The zero-order valence-corrected chi connectivity index (χ0v) is 21.3. The largest absolute Gasteiger partial charge is 0.491 e. The number of carbonyl (C=O) groups is 2. The molecule has 7 nitrogen and oxygen atoms in total. The van der Waals surface area contributed by atoms with Crippen LogP contribution in [0.5, 0.6) is 0 Å². The molecule has 0 radical (unpaired) electrons. The molecular weight excluding hydrogens is 513 g/mol. The van der Waals surface area contributed by atoms with Crippen molar-refractivity contribution >= 4 is 45.1 Å². The van der Waals surface area contributed by atoms with E-state index in [1.165, 1.54) is 24.3 Å². The molecule has 1 N–H and O–H groups in total. The summed E-state index contributed by atoms with van der Waals surface area (Å²) < 4.78 is 33.3. The minimum absolute atomic E-state index is 0.00286. The highest BCUT2D eigenvalue weighted by Gasteiger charge is 2.56. The van der Waals surface area contributed by atoms with Gasteiger partial charge in [0.25, 0.3) is 15.9 Å². The molecule has 184 valence electrons. The number of hydrogen-bond acceptors (Lipinski definition) is 5. The molecule has 0 saturated heterocycles. The van der Waals surface area contributed by atoms with E-state index in [4.69, 9.17) is 27.9 Å². The van der Waals surface area contributed by atoms with Gasteiger partial charge < -0.3 is 9.84 Å². The number of sulfonamides is 1. The van der Waals surface area contributed by atoms with Crippen LogP contribution in [0.4, 0.5) is 0 Å². The van der Waals surface area contributed by atoms with Crippen molar-refractivity contribution in [2.45, 2.75) is 30.2 Å². The van der Waals surface area contributed by atoms with Crippen molar-refractivity contribution in [1.82, 2.24) is 4.31 Å². The smallest absolute Gasteiger partial charge is 0.314 e. The quantitative estimate of drug-likeness (QED) is 0.512. The summed E-state index contributed by atoms with van der Waals surface area (Å²) in [6.45, 7) is 3.09. The monoisotopic (exact) mass is 535 g/mol. The van der Waals surface area contributed by atoms with Gasteiger partial charge in [-0.15, -0.1) is 11.6 Å². The highest BCUT2D eigenvalue weighted by atomic mass is 35.5. The maximum absolute atomic E-state index is 13.3. The normalized spacial score (nSPS) is 23.3. The third-order valence-corrected chi connectivity index (χ3v) is 8.67. The van der Waals surface area contributed by atoms with Gasteiger partial charge in [-0.25, -0.2) is 12.7 Å². The number of aliphatic carboxylic acids is 1. The number of ether oxygens (including phenoxy) is 1. The van der Waals surface area contributed by atoms with Crippen LogP contribution >= 0.6 is 23.2 Å². The number of nitrogens with zero attached hydrogens (tertiary/aromatic N) is 1. The summed E-state index contributed by atoms with van der Waals surface area (Å²) in [5.41, 5.74) is 1.32. The van der Waals surface area contributed by atoms with Gasteiger partial charge >= 0.3 is 5.97 Å². The van der Waals surface area contributed by atoms with Gasteiger partial charge in [-0.05, 0) is 35.3 Å². The molecule has 1 aliphatic heterocycles. The Morgan fingerprint density at radius 1 is 1.14 bits per heavy atom. The fraction of sp³-hybridized carbons (Fsp3) is 0.280.